The molecule has 1 unspecified atom stereocenters. The Kier molecular flexibility index (Phi) is 7.26. The first kappa shape index (κ1) is 34.0. The van der Waals surface area contributed by atoms with E-state index >= 15 is 0 Å². The van der Waals surface area contributed by atoms with E-state index in [1.54, 1.807) is 0 Å². The molecule has 0 aliphatic heterocycles. The predicted octanol–water partition coefficient (Wildman–Crippen LogP) is 15.9. The number of anilines is 3. The fourth-order valence-electron chi connectivity index (χ4n) is 10.8. The van der Waals surface area contributed by atoms with Gasteiger partial charge in [0.15, 0.2) is 0 Å². The molecule has 10 aromatic carbocycles. The number of nitrogens with zero attached hydrogens (tertiary/aromatic N) is 1. The molecule has 0 N–H and O–H groups in total. The summed E-state index contributed by atoms with van der Waals surface area (Å²) in [7, 11) is 0. The van der Waals surface area contributed by atoms with E-state index in [-0.39, 0.29) is 0 Å². The number of furan rings is 1. The molecule has 284 valence electrons. The van der Waals surface area contributed by atoms with Crippen LogP contribution in [0.5, 0.6) is 0 Å². The van der Waals surface area contributed by atoms with E-state index in [4.69, 9.17) is 4.42 Å². The largest absolute Gasteiger partial charge is 0.456 e. The van der Waals surface area contributed by atoms with Gasteiger partial charge in [-0.2, -0.15) is 0 Å². The number of hydrogen-bond donors (Lipinski definition) is 0. The highest BCUT2D eigenvalue weighted by molar-refractivity contribution is 6.14. The molecule has 1 spiro atoms. The van der Waals surface area contributed by atoms with Crippen molar-refractivity contribution in [1.29, 1.82) is 0 Å². The van der Waals surface area contributed by atoms with Crippen molar-refractivity contribution in [2.75, 3.05) is 4.90 Å². The summed E-state index contributed by atoms with van der Waals surface area (Å²) in [4.78, 5) is 2.43. The summed E-state index contributed by atoms with van der Waals surface area (Å²) in [6.45, 7) is 0. The molecule has 0 saturated carbocycles. The van der Waals surface area contributed by atoms with Gasteiger partial charge < -0.3 is 9.32 Å². The Morgan fingerprint density at radius 2 is 0.918 bits per heavy atom. The van der Waals surface area contributed by atoms with E-state index in [0.717, 1.165) is 39.0 Å². The maximum Gasteiger partial charge on any atom is 0.137 e. The molecule has 0 fully saturated rings. The first-order chi connectivity index (χ1) is 30.3. The number of benzene rings is 10. The SMILES string of the molecule is c1ccc(-c2ccc(N(c3ccc4c(c3)-c3ccccc3-c3ccccc3C43c4ccccc4-c4c3ccc3ccccc43)c3cccc4oc5ccccc5c34)cc2)cc1. The second-order valence-electron chi connectivity index (χ2n) is 16.3. The summed E-state index contributed by atoms with van der Waals surface area (Å²) in [5.74, 6) is 0. The molecule has 61 heavy (non-hydrogen) atoms. The first-order valence-corrected chi connectivity index (χ1v) is 21.1. The molecule has 2 heteroatoms. The second kappa shape index (κ2) is 13.0. The lowest BCUT2D eigenvalue weighted by molar-refractivity contribution is 0.669. The number of para-hydroxylation sites is 1. The van der Waals surface area contributed by atoms with E-state index in [1.165, 1.54) is 77.5 Å². The van der Waals surface area contributed by atoms with Crippen LogP contribution < -0.4 is 4.90 Å². The minimum Gasteiger partial charge on any atom is -0.456 e. The van der Waals surface area contributed by atoms with Crippen LogP contribution in [-0.4, -0.2) is 0 Å². The van der Waals surface area contributed by atoms with Crippen molar-refractivity contribution < 1.29 is 4.42 Å². The normalized spacial score (nSPS) is 14.6. The Hall–Kier alpha value is -7.94. The highest BCUT2D eigenvalue weighted by Gasteiger charge is 2.50. The van der Waals surface area contributed by atoms with Crippen LogP contribution in [0, 0.1) is 0 Å². The van der Waals surface area contributed by atoms with Gasteiger partial charge in [-0.15, -0.1) is 0 Å². The van der Waals surface area contributed by atoms with E-state index < -0.39 is 5.41 Å². The molecule has 0 amide bonds. The number of hydrogen-bond acceptors (Lipinski definition) is 2. The third kappa shape index (κ3) is 4.79. The number of rotatable bonds is 4. The maximum absolute atomic E-state index is 6.52. The van der Waals surface area contributed by atoms with Crippen LogP contribution in [0.25, 0.3) is 77.2 Å². The van der Waals surface area contributed by atoms with Gasteiger partial charge in [-0.3, -0.25) is 0 Å². The Morgan fingerprint density at radius 3 is 1.74 bits per heavy atom. The summed E-state index contributed by atoms with van der Waals surface area (Å²) >= 11 is 0. The standard InChI is InChI=1S/C59H37NO/c1-2-15-38(16-3-1)39-29-32-41(33-30-39)60(54-26-14-28-56-58(54)48-23-10-13-27-55(48)61-56)42-34-36-52-49(37-42)45-20-7-6-19-44(45)46-21-8-11-24-50(46)59(52)51-25-12-9-22-47(51)57-43-18-5-4-17-40(43)31-35-53(57)59/h1-37H. The van der Waals surface area contributed by atoms with Crippen LogP contribution >= 0.6 is 0 Å². The smallest absolute Gasteiger partial charge is 0.137 e. The van der Waals surface area contributed by atoms with Crippen molar-refractivity contribution in [3.63, 3.8) is 0 Å². The lowest BCUT2D eigenvalue weighted by Crippen LogP contribution is -2.29. The maximum atomic E-state index is 6.52. The molecule has 2 nitrogen and oxygen atoms in total. The topological polar surface area (TPSA) is 16.4 Å². The third-order valence-corrected chi connectivity index (χ3v) is 13.3. The molecule has 1 heterocycles. The Labute approximate surface area is 354 Å². The van der Waals surface area contributed by atoms with Gasteiger partial charge in [0.05, 0.1) is 16.5 Å². The van der Waals surface area contributed by atoms with Crippen molar-refractivity contribution in [2.45, 2.75) is 5.41 Å². The van der Waals surface area contributed by atoms with Crippen LogP contribution in [0.15, 0.2) is 229 Å². The number of fused-ring (bicyclic) bond motifs is 17. The van der Waals surface area contributed by atoms with Gasteiger partial charge in [-0.25, -0.2) is 0 Å². The van der Waals surface area contributed by atoms with Crippen LogP contribution in [-0.2, 0) is 5.41 Å². The van der Waals surface area contributed by atoms with Crippen LogP contribution in [0.4, 0.5) is 17.1 Å². The summed E-state index contributed by atoms with van der Waals surface area (Å²) in [6, 6.07) is 82.5. The Balaban J connectivity index is 1.13. The average molecular weight is 776 g/mol. The van der Waals surface area contributed by atoms with Gasteiger partial charge >= 0.3 is 0 Å². The fraction of sp³-hybridized carbons (Fsp3) is 0.0169. The van der Waals surface area contributed by atoms with Gasteiger partial charge in [0.1, 0.15) is 11.2 Å². The van der Waals surface area contributed by atoms with Gasteiger partial charge in [0.25, 0.3) is 0 Å². The van der Waals surface area contributed by atoms with Crippen molar-refractivity contribution >= 4 is 49.8 Å². The second-order valence-corrected chi connectivity index (χ2v) is 16.3. The zero-order chi connectivity index (χ0) is 40.1. The summed E-state index contributed by atoms with van der Waals surface area (Å²) in [5, 5.41) is 4.73. The lowest BCUT2D eigenvalue weighted by atomic mass is 9.65. The Morgan fingerprint density at radius 1 is 0.344 bits per heavy atom. The molecular formula is C59H37NO. The highest BCUT2D eigenvalue weighted by Crippen LogP contribution is 2.63. The third-order valence-electron chi connectivity index (χ3n) is 13.3. The zero-order valence-corrected chi connectivity index (χ0v) is 33.2. The molecule has 0 radical (unpaired) electrons. The zero-order valence-electron chi connectivity index (χ0n) is 33.2. The monoisotopic (exact) mass is 775 g/mol. The molecule has 0 saturated heterocycles. The average Bonchev–Trinajstić information content (AvgIpc) is 3.84. The molecule has 2 aliphatic carbocycles. The summed E-state index contributed by atoms with van der Waals surface area (Å²) < 4.78 is 6.52. The van der Waals surface area contributed by atoms with Crippen molar-refractivity contribution in [3.05, 3.63) is 247 Å². The van der Waals surface area contributed by atoms with Crippen LogP contribution in [0.3, 0.4) is 0 Å². The van der Waals surface area contributed by atoms with Crippen LogP contribution in [0.2, 0.25) is 0 Å². The van der Waals surface area contributed by atoms with E-state index in [1.807, 2.05) is 6.07 Å². The van der Waals surface area contributed by atoms with Crippen LogP contribution in [0.1, 0.15) is 22.3 Å². The fourth-order valence-corrected chi connectivity index (χ4v) is 10.8. The van der Waals surface area contributed by atoms with Gasteiger partial charge in [-0.1, -0.05) is 182 Å². The molecular weight excluding hydrogens is 739 g/mol. The van der Waals surface area contributed by atoms with Gasteiger partial charge in [0, 0.05) is 16.8 Å². The lowest BCUT2D eigenvalue weighted by Gasteiger charge is -2.36. The van der Waals surface area contributed by atoms with Crippen molar-refractivity contribution in [2.24, 2.45) is 0 Å². The molecule has 2 aliphatic rings. The predicted molar refractivity (Wildman–Crippen MR) is 253 cm³/mol. The van der Waals surface area contributed by atoms with Crippen molar-refractivity contribution in [1.82, 2.24) is 0 Å². The molecule has 13 rings (SSSR count). The van der Waals surface area contributed by atoms with E-state index in [0.29, 0.717) is 0 Å². The minimum absolute atomic E-state index is 0.581. The summed E-state index contributed by atoms with van der Waals surface area (Å²) in [5.41, 5.74) is 19.5. The molecule has 11 aromatic rings. The van der Waals surface area contributed by atoms with Gasteiger partial charge in [-0.05, 0) is 120 Å². The molecule has 1 atom stereocenters. The quantitative estimate of drug-likeness (QED) is 0.177. The molecule has 0 bridgehead atoms. The molecule has 1 aromatic heterocycles. The van der Waals surface area contributed by atoms with Crippen molar-refractivity contribution in [3.8, 4) is 44.5 Å². The Bertz CT molecular complexity index is 3540. The van der Waals surface area contributed by atoms with E-state index in [2.05, 4.69) is 223 Å². The summed E-state index contributed by atoms with van der Waals surface area (Å²) in [6.07, 6.45) is 0. The van der Waals surface area contributed by atoms with Gasteiger partial charge in [0.2, 0.25) is 0 Å². The van der Waals surface area contributed by atoms with E-state index in [9.17, 15) is 0 Å². The minimum atomic E-state index is -0.581. The highest BCUT2D eigenvalue weighted by atomic mass is 16.3. The first-order valence-electron chi connectivity index (χ1n) is 21.1.